The van der Waals surface area contributed by atoms with Crippen LogP contribution in [0.25, 0.3) is 0 Å². The summed E-state index contributed by atoms with van der Waals surface area (Å²) in [5, 5.41) is 0. The molecule has 2 atom stereocenters. The number of aryl methyl sites for hydroxylation is 2. The highest BCUT2D eigenvalue weighted by Gasteiger charge is 2.58. The highest BCUT2D eigenvalue weighted by molar-refractivity contribution is 5.95. The first-order valence-corrected chi connectivity index (χ1v) is 13.0. The molecule has 4 aromatic rings. The molecule has 2 heterocycles. The molecule has 0 aromatic heterocycles. The van der Waals surface area contributed by atoms with E-state index >= 15 is 0 Å². The van der Waals surface area contributed by atoms with Gasteiger partial charge < -0.3 is 9.80 Å². The van der Waals surface area contributed by atoms with Gasteiger partial charge in [-0.1, -0.05) is 83.9 Å². The first kappa shape index (κ1) is 23.5. The van der Waals surface area contributed by atoms with Gasteiger partial charge in [-0.05, 0) is 67.6 Å². The summed E-state index contributed by atoms with van der Waals surface area (Å²) in [4.78, 5) is 18.3. The Hall–Kier alpha value is -3.92. The summed E-state index contributed by atoms with van der Waals surface area (Å²) in [6, 6.07) is 32.0. The molecule has 1 saturated heterocycles. The van der Waals surface area contributed by atoms with Gasteiger partial charge >= 0.3 is 0 Å². The van der Waals surface area contributed by atoms with Crippen molar-refractivity contribution in [2.75, 3.05) is 11.4 Å². The Morgan fingerprint density at radius 1 is 0.865 bits per heavy atom. The van der Waals surface area contributed by atoms with Gasteiger partial charge in [-0.3, -0.25) is 4.79 Å². The van der Waals surface area contributed by atoms with E-state index in [1.807, 2.05) is 4.90 Å². The average molecular weight is 491 g/mol. The van der Waals surface area contributed by atoms with Crippen molar-refractivity contribution < 1.29 is 9.18 Å². The fourth-order valence-corrected chi connectivity index (χ4v) is 6.53. The third kappa shape index (κ3) is 4.11. The lowest BCUT2D eigenvalue weighted by Gasteiger charge is -2.39. The van der Waals surface area contributed by atoms with E-state index < -0.39 is 0 Å². The van der Waals surface area contributed by atoms with Gasteiger partial charge in [0.1, 0.15) is 12.0 Å². The van der Waals surface area contributed by atoms with Crippen LogP contribution in [-0.4, -0.2) is 23.5 Å². The highest BCUT2D eigenvalue weighted by Crippen LogP contribution is 2.54. The number of fused-ring (bicyclic) bond motifs is 3. The number of rotatable bonds is 5. The van der Waals surface area contributed by atoms with Crippen LogP contribution in [0.2, 0.25) is 0 Å². The van der Waals surface area contributed by atoms with Crippen molar-refractivity contribution in [3.63, 3.8) is 0 Å². The molecule has 2 unspecified atom stereocenters. The molecule has 4 aromatic carbocycles. The highest BCUT2D eigenvalue weighted by atomic mass is 19.1. The summed E-state index contributed by atoms with van der Waals surface area (Å²) in [6.07, 6.45) is 1.53. The van der Waals surface area contributed by atoms with Gasteiger partial charge in [0, 0.05) is 29.8 Å². The second-order valence-corrected chi connectivity index (χ2v) is 10.6. The molecule has 0 bridgehead atoms. The number of carbonyl (C=O) groups is 1. The smallest absolute Gasteiger partial charge is 0.255 e. The first-order chi connectivity index (χ1) is 17.9. The van der Waals surface area contributed by atoms with Crippen LogP contribution in [0, 0.1) is 19.7 Å². The average Bonchev–Trinajstić information content (AvgIpc) is 3.37. The normalized spacial score (nSPS) is 20.1. The topological polar surface area (TPSA) is 23.6 Å². The van der Waals surface area contributed by atoms with Gasteiger partial charge in [0.15, 0.2) is 0 Å². The van der Waals surface area contributed by atoms with E-state index in [0.29, 0.717) is 18.7 Å². The van der Waals surface area contributed by atoms with E-state index in [0.717, 1.165) is 12.8 Å². The zero-order valence-electron chi connectivity index (χ0n) is 21.3. The van der Waals surface area contributed by atoms with Crippen molar-refractivity contribution in [2.45, 2.75) is 44.8 Å². The van der Waals surface area contributed by atoms with Gasteiger partial charge in [0.2, 0.25) is 0 Å². The van der Waals surface area contributed by atoms with Crippen molar-refractivity contribution in [3.05, 3.63) is 136 Å². The zero-order chi connectivity index (χ0) is 25.6. The molecule has 2 aliphatic heterocycles. The molecular weight excluding hydrogens is 459 g/mol. The predicted octanol–water partition coefficient (Wildman–Crippen LogP) is 6.82. The number of hydrogen-bond donors (Lipinski definition) is 0. The zero-order valence-corrected chi connectivity index (χ0v) is 21.3. The van der Waals surface area contributed by atoms with Crippen LogP contribution in [0.5, 0.6) is 0 Å². The van der Waals surface area contributed by atoms with Crippen LogP contribution in [0.15, 0.2) is 97.1 Å². The van der Waals surface area contributed by atoms with E-state index in [9.17, 15) is 9.18 Å². The molecule has 6 rings (SSSR count). The number of benzene rings is 4. The third-order valence-corrected chi connectivity index (χ3v) is 8.00. The van der Waals surface area contributed by atoms with Gasteiger partial charge in [-0.15, -0.1) is 0 Å². The Kier molecular flexibility index (Phi) is 5.83. The molecule has 0 spiro atoms. The Bertz CT molecular complexity index is 1480. The molecule has 186 valence electrons. The number of hydrogen-bond acceptors (Lipinski definition) is 2. The Morgan fingerprint density at radius 3 is 2.32 bits per heavy atom. The molecule has 2 aliphatic rings. The van der Waals surface area contributed by atoms with Crippen LogP contribution in [0.4, 0.5) is 10.1 Å². The lowest BCUT2D eigenvalue weighted by Crippen LogP contribution is -2.52. The number of amides is 1. The molecule has 0 aliphatic carbocycles. The summed E-state index contributed by atoms with van der Waals surface area (Å²) in [6.45, 7) is 5.56. The van der Waals surface area contributed by atoms with Crippen LogP contribution >= 0.6 is 0 Å². The molecular formula is C33H31FN2O. The fourth-order valence-electron chi connectivity index (χ4n) is 6.53. The van der Waals surface area contributed by atoms with Crippen molar-refractivity contribution in [2.24, 2.45) is 0 Å². The van der Waals surface area contributed by atoms with Crippen molar-refractivity contribution in [3.8, 4) is 0 Å². The number of halogens is 1. The van der Waals surface area contributed by atoms with Gasteiger partial charge in [0.05, 0.1) is 0 Å². The Morgan fingerprint density at radius 2 is 1.57 bits per heavy atom. The Balaban J connectivity index is 1.48. The molecule has 4 heteroatoms. The maximum Gasteiger partial charge on any atom is 0.255 e. The molecule has 0 saturated carbocycles. The van der Waals surface area contributed by atoms with Crippen LogP contribution in [0.3, 0.4) is 0 Å². The minimum absolute atomic E-state index is 0.113. The van der Waals surface area contributed by atoms with Crippen molar-refractivity contribution in [1.82, 2.24) is 4.90 Å². The number of nitrogens with zero attached hydrogens (tertiary/aromatic N) is 2. The number of carbonyl (C=O) groups excluding carboxylic acids is 1. The lowest BCUT2D eigenvalue weighted by molar-refractivity contribution is 0.0708. The van der Waals surface area contributed by atoms with Crippen LogP contribution < -0.4 is 4.90 Å². The standard InChI is InChI=1S/C33H31FN2O/c1-23-8-5-10-25(18-23)21-33-16-17-35(31(37)27-12-7-13-28(34)20-27)32(33)36(30-15-4-3-14-29(30)33)22-26-11-6-9-24(2)19-26/h3-15,18-20,32H,16-17,21-22H2,1-2H3. The van der Waals surface area contributed by atoms with Crippen LogP contribution in [-0.2, 0) is 18.4 Å². The van der Waals surface area contributed by atoms with E-state index in [4.69, 9.17) is 0 Å². The SMILES string of the molecule is Cc1cccc(CN2c3ccccc3C3(Cc4cccc(C)c4)CCN(C(=O)c4cccc(F)c4)C23)c1. The monoisotopic (exact) mass is 490 g/mol. The minimum Gasteiger partial charge on any atom is -0.346 e. The summed E-state index contributed by atoms with van der Waals surface area (Å²) in [5.41, 5.74) is 7.56. The van der Waals surface area contributed by atoms with Gasteiger partial charge in [0.25, 0.3) is 5.91 Å². The molecule has 1 fully saturated rings. The minimum atomic E-state index is -0.387. The number of likely N-dealkylation sites (tertiary alicyclic amines) is 1. The Labute approximate surface area is 218 Å². The number of para-hydroxylation sites is 1. The summed E-state index contributed by atoms with van der Waals surface area (Å²) in [5.74, 6) is -0.500. The van der Waals surface area contributed by atoms with Crippen molar-refractivity contribution >= 4 is 11.6 Å². The van der Waals surface area contributed by atoms with Crippen LogP contribution in [0.1, 0.15) is 44.6 Å². The molecule has 0 N–H and O–H groups in total. The second-order valence-electron chi connectivity index (χ2n) is 10.6. The number of anilines is 1. The van der Waals surface area contributed by atoms with E-state index in [-0.39, 0.29) is 23.3 Å². The van der Waals surface area contributed by atoms with E-state index in [2.05, 4.69) is 91.5 Å². The van der Waals surface area contributed by atoms with E-state index in [1.165, 1.54) is 45.6 Å². The van der Waals surface area contributed by atoms with Crippen molar-refractivity contribution in [1.29, 1.82) is 0 Å². The molecule has 0 radical (unpaired) electrons. The molecule has 3 nitrogen and oxygen atoms in total. The summed E-state index contributed by atoms with van der Waals surface area (Å²) < 4.78 is 14.1. The first-order valence-electron chi connectivity index (χ1n) is 13.0. The maximum absolute atomic E-state index is 14.1. The lowest BCUT2D eigenvalue weighted by atomic mass is 9.74. The largest absolute Gasteiger partial charge is 0.346 e. The fraction of sp³-hybridized carbons (Fsp3) is 0.242. The third-order valence-electron chi connectivity index (χ3n) is 8.00. The summed E-state index contributed by atoms with van der Waals surface area (Å²) in [7, 11) is 0. The predicted molar refractivity (Wildman–Crippen MR) is 146 cm³/mol. The molecule has 37 heavy (non-hydrogen) atoms. The van der Waals surface area contributed by atoms with Gasteiger partial charge in [-0.2, -0.15) is 0 Å². The second kappa shape index (κ2) is 9.19. The van der Waals surface area contributed by atoms with Gasteiger partial charge in [-0.25, -0.2) is 4.39 Å². The quantitative estimate of drug-likeness (QED) is 0.307. The van der Waals surface area contributed by atoms with E-state index in [1.54, 1.807) is 12.1 Å². The summed E-state index contributed by atoms with van der Waals surface area (Å²) >= 11 is 0. The maximum atomic E-state index is 14.1. The molecule has 1 amide bonds.